The fraction of sp³-hybridized carbons (Fsp3) is 0.562. The van der Waals surface area contributed by atoms with Gasteiger partial charge in [0.1, 0.15) is 11.3 Å². The van der Waals surface area contributed by atoms with Gasteiger partial charge in [0.05, 0.1) is 6.04 Å². The fourth-order valence-corrected chi connectivity index (χ4v) is 2.78. The fourth-order valence-electron chi connectivity index (χ4n) is 2.42. The van der Waals surface area contributed by atoms with Crippen molar-refractivity contribution in [1.29, 1.82) is 0 Å². The van der Waals surface area contributed by atoms with Crippen LogP contribution in [0.25, 0.3) is 0 Å². The number of carbonyl (C=O) groups is 1. The Hall–Kier alpha value is -0.820. The first-order valence-electron chi connectivity index (χ1n) is 7.42. The van der Waals surface area contributed by atoms with E-state index in [9.17, 15) is 4.79 Å². The predicted octanol–water partition coefficient (Wildman–Crippen LogP) is 2.89. The summed E-state index contributed by atoms with van der Waals surface area (Å²) in [5, 5.41) is 2.32. The quantitative estimate of drug-likeness (QED) is 0.610. The van der Waals surface area contributed by atoms with Crippen molar-refractivity contribution in [1.82, 2.24) is 4.90 Å². The largest absolute Gasteiger partial charge is 0.444 e. The van der Waals surface area contributed by atoms with Gasteiger partial charge in [0.15, 0.2) is 0 Å². The van der Waals surface area contributed by atoms with Gasteiger partial charge in [0.2, 0.25) is 0 Å². The van der Waals surface area contributed by atoms with Gasteiger partial charge in [-0.05, 0) is 55.5 Å². The number of hydrogen-bond donors (Lipinski definition) is 1. The average molecular weight is 403 g/mol. The second kappa shape index (κ2) is 6.96. The van der Waals surface area contributed by atoms with Gasteiger partial charge in [0, 0.05) is 41.6 Å². The van der Waals surface area contributed by atoms with Gasteiger partial charge in [-0.25, -0.2) is 4.79 Å². The van der Waals surface area contributed by atoms with E-state index in [0.29, 0.717) is 6.04 Å². The van der Waals surface area contributed by atoms with Crippen molar-refractivity contribution in [3.05, 3.63) is 27.8 Å². The van der Waals surface area contributed by atoms with Crippen LogP contribution in [-0.2, 0) is 4.74 Å². The minimum Gasteiger partial charge on any atom is -0.444 e. The Bertz CT molecular complexity index is 474. The molecule has 0 bridgehead atoms. The van der Waals surface area contributed by atoms with E-state index in [1.807, 2.05) is 25.7 Å². The number of benzene rings is 1. The number of amides is 1. The van der Waals surface area contributed by atoms with E-state index in [1.165, 1.54) is 9.26 Å². The van der Waals surface area contributed by atoms with Crippen LogP contribution in [0.1, 0.15) is 33.6 Å². The Labute approximate surface area is 140 Å². The third-order valence-corrected chi connectivity index (χ3v) is 4.21. The Balaban J connectivity index is 1.80. The third kappa shape index (κ3) is 5.47. The van der Waals surface area contributed by atoms with E-state index >= 15 is 0 Å². The normalized spacial score (nSPS) is 16.9. The molecule has 0 spiro atoms. The molecule has 0 saturated carbocycles. The lowest BCUT2D eigenvalue weighted by molar-refractivity contribution is -0.614. The zero-order valence-corrected chi connectivity index (χ0v) is 15.1. The van der Waals surface area contributed by atoms with Crippen LogP contribution < -0.4 is 5.32 Å². The van der Waals surface area contributed by atoms with Crippen molar-refractivity contribution in [2.45, 2.75) is 45.3 Å². The summed E-state index contributed by atoms with van der Waals surface area (Å²) in [6.45, 7) is 7.27. The maximum absolute atomic E-state index is 12.0. The summed E-state index contributed by atoms with van der Waals surface area (Å²) in [5.41, 5.74) is 0.854. The molecule has 0 unspecified atom stereocenters. The van der Waals surface area contributed by atoms with Crippen molar-refractivity contribution < 1.29 is 14.8 Å². The van der Waals surface area contributed by atoms with E-state index in [4.69, 9.17) is 4.74 Å². The first-order valence-corrected chi connectivity index (χ1v) is 8.50. The zero-order valence-electron chi connectivity index (χ0n) is 12.9. The molecule has 1 aliphatic rings. The molecule has 2 rings (SSSR count). The van der Waals surface area contributed by atoms with Crippen LogP contribution in [0.3, 0.4) is 0 Å². The predicted molar refractivity (Wildman–Crippen MR) is 91.6 cm³/mol. The van der Waals surface area contributed by atoms with Crippen molar-refractivity contribution in [3.63, 3.8) is 0 Å². The van der Waals surface area contributed by atoms with Crippen molar-refractivity contribution >= 4 is 34.4 Å². The average Bonchev–Trinajstić information content (AvgIpc) is 2.40. The Morgan fingerprint density at radius 1 is 1.24 bits per heavy atom. The molecule has 1 aliphatic heterocycles. The lowest BCUT2D eigenvalue weighted by Crippen LogP contribution is -2.85. The summed E-state index contributed by atoms with van der Waals surface area (Å²) < 4.78 is 6.67. The lowest BCUT2D eigenvalue weighted by Gasteiger charge is -2.32. The molecular formula is C16H24IN2O2+. The zero-order chi connectivity index (χ0) is 15.5. The van der Waals surface area contributed by atoms with Gasteiger partial charge >= 0.3 is 6.09 Å². The molecule has 1 aromatic rings. The molecule has 1 aromatic carbocycles. The number of carbonyl (C=O) groups excluding carboxylic acids is 1. The number of nitrogens with zero attached hydrogens (tertiary/aromatic N) is 1. The number of piperidine rings is 1. The van der Waals surface area contributed by atoms with Crippen LogP contribution in [-0.4, -0.2) is 35.7 Å². The van der Waals surface area contributed by atoms with Crippen LogP contribution in [0, 0.1) is 3.57 Å². The number of hydrogen-bond acceptors (Lipinski definition) is 2. The maximum Gasteiger partial charge on any atom is 0.410 e. The van der Waals surface area contributed by atoms with Crippen LogP contribution in [0.15, 0.2) is 24.3 Å². The highest BCUT2D eigenvalue weighted by atomic mass is 127. The number of halogens is 1. The third-order valence-electron chi connectivity index (χ3n) is 3.49. The smallest absolute Gasteiger partial charge is 0.410 e. The molecule has 5 heteroatoms. The summed E-state index contributed by atoms with van der Waals surface area (Å²) in [6.07, 6.45) is 1.83. The number of rotatable bonds is 2. The summed E-state index contributed by atoms with van der Waals surface area (Å²) in [4.78, 5) is 13.8. The van der Waals surface area contributed by atoms with Gasteiger partial charge < -0.3 is 15.0 Å². The van der Waals surface area contributed by atoms with Crippen molar-refractivity contribution in [2.75, 3.05) is 13.1 Å². The molecule has 4 nitrogen and oxygen atoms in total. The molecule has 1 amide bonds. The Morgan fingerprint density at radius 3 is 2.33 bits per heavy atom. The molecule has 21 heavy (non-hydrogen) atoms. The highest BCUT2D eigenvalue weighted by Crippen LogP contribution is 2.15. The molecule has 0 aliphatic carbocycles. The molecule has 2 N–H and O–H groups in total. The number of likely N-dealkylation sites (tertiary alicyclic amines) is 1. The SMILES string of the molecule is CC(C)(C)OC(=O)N1CCC([NH2+]c2ccc(I)cc2)CC1. The Morgan fingerprint density at radius 2 is 1.81 bits per heavy atom. The molecule has 0 atom stereocenters. The van der Waals surface area contributed by atoms with E-state index < -0.39 is 5.60 Å². The van der Waals surface area contributed by atoms with E-state index in [-0.39, 0.29) is 6.09 Å². The first kappa shape index (κ1) is 16.5. The molecule has 1 saturated heterocycles. The number of quaternary nitrogens is 1. The molecule has 116 valence electrons. The maximum atomic E-state index is 12.0. The van der Waals surface area contributed by atoms with Gasteiger partial charge in [0.25, 0.3) is 0 Å². The lowest BCUT2D eigenvalue weighted by atomic mass is 10.0. The van der Waals surface area contributed by atoms with E-state index in [2.05, 4.69) is 52.2 Å². The Kier molecular flexibility index (Phi) is 5.48. The molecule has 0 aromatic heterocycles. The minimum absolute atomic E-state index is 0.185. The van der Waals surface area contributed by atoms with Crippen LogP contribution in [0.4, 0.5) is 10.5 Å². The van der Waals surface area contributed by atoms with Crippen LogP contribution in [0.5, 0.6) is 0 Å². The van der Waals surface area contributed by atoms with Gasteiger partial charge in [-0.15, -0.1) is 0 Å². The second-order valence-electron chi connectivity index (χ2n) is 6.52. The molecule has 1 fully saturated rings. The highest BCUT2D eigenvalue weighted by molar-refractivity contribution is 14.1. The summed E-state index contributed by atoms with van der Waals surface area (Å²) in [6, 6.07) is 9.11. The van der Waals surface area contributed by atoms with Crippen molar-refractivity contribution in [2.24, 2.45) is 0 Å². The monoisotopic (exact) mass is 403 g/mol. The summed E-state index contributed by atoms with van der Waals surface area (Å²) in [7, 11) is 0. The van der Waals surface area contributed by atoms with Gasteiger partial charge in [-0.1, -0.05) is 0 Å². The second-order valence-corrected chi connectivity index (χ2v) is 7.77. The minimum atomic E-state index is -0.415. The molecular weight excluding hydrogens is 379 g/mol. The van der Waals surface area contributed by atoms with Gasteiger partial charge in [-0.3, -0.25) is 0 Å². The van der Waals surface area contributed by atoms with E-state index in [1.54, 1.807) is 0 Å². The first-order chi connectivity index (χ1) is 9.83. The standard InChI is InChI=1S/C16H23IN2O2/c1-16(2,3)21-15(20)19-10-8-14(9-11-19)18-13-6-4-12(17)5-7-13/h4-7,14,18H,8-11H2,1-3H3/p+1. The number of nitrogens with two attached hydrogens (primary N) is 1. The topological polar surface area (TPSA) is 46.1 Å². The molecule has 1 heterocycles. The molecule has 0 radical (unpaired) electrons. The van der Waals surface area contributed by atoms with Gasteiger partial charge in [-0.2, -0.15) is 0 Å². The van der Waals surface area contributed by atoms with Crippen LogP contribution in [0.2, 0.25) is 0 Å². The number of ether oxygens (including phenoxy) is 1. The van der Waals surface area contributed by atoms with Crippen LogP contribution >= 0.6 is 22.6 Å². The van der Waals surface area contributed by atoms with Crippen molar-refractivity contribution in [3.8, 4) is 0 Å². The van der Waals surface area contributed by atoms with E-state index in [0.717, 1.165) is 25.9 Å². The highest BCUT2D eigenvalue weighted by Gasteiger charge is 2.28. The summed E-state index contributed by atoms with van der Waals surface area (Å²) >= 11 is 2.32. The summed E-state index contributed by atoms with van der Waals surface area (Å²) in [5.74, 6) is 0.